The number of rotatable bonds is 4. The molecule has 94 valence electrons. The Hall–Kier alpha value is -1.71. The van der Waals surface area contributed by atoms with Gasteiger partial charge in [0.25, 0.3) is 0 Å². The van der Waals surface area contributed by atoms with Gasteiger partial charge in [-0.15, -0.1) is 0 Å². The van der Waals surface area contributed by atoms with Crippen LogP contribution in [0.1, 0.15) is 26.3 Å². The molecule has 0 saturated heterocycles. The molecule has 1 rings (SSSR count). The SMILES string of the molecule is CCOC(=O)C(C)(C)Oc1ccc(O)c(C)c1. The third-order valence-corrected chi connectivity index (χ3v) is 2.31. The van der Waals surface area contributed by atoms with Crippen LogP contribution in [0.5, 0.6) is 11.5 Å². The van der Waals surface area contributed by atoms with Crippen molar-refractivity contribution in [2.45, 2.75) is 33.3 Å². The molecule has 0 aliphatic carbocycles. The fourth-order valence-electron chi connectivity index (χ4n) is 1.33. The molecule has 0 radical (unpaired) electrons. The lowest BCUT2D eigenvalue weighted by Crippen LogP contribution is -2.39. The minimum Gasteiger partial charge on any atom is -0.508 e. The number of phenolic OH excluding ortho intramolecular Hbond substituents is 1. The normalized spacial score (nSPS) is 11.1. The van der Waals surface area contributed by atoms with Crippen LogP contribution in [-0.4, -0.2) is 23.3 Å². The Morgan fingerprint density at radius 3 is 2.59 bits per heavy atom. The summed E-state index contributed by atoms with van der Waals surface area (Å²) in [6.45, 7) is 7.12. The first-order chi connectivity index (χ1) is 7.86. The Bertz CT molecular complexity index is 410. The Labute approximate surface area is 101 Å². The van der Waals surface area contributed by atoms with Gasteiger partial charge >= 0.3 is 5.97 Å². The summed E-state index contributed by atoms with van der Waals surface area (Å²) in [5, 5.41) is 9.39. The Balaban J connectivity index is 2.82. The summed E-state index contributed by atoms with van der Waals surface area (Å²) in [6.07, 6.45) is 0. The molecular formula is C13H18O4. The fraction of sp³-hybridized carbons (Fsp3) is 0.462. The van der Waals surface area contributed by atoms with Crippen LogP contribution in [0.3, 0.4) is 0 Å². The second kappa shape index (κ2) is 5.08. The molecule has 4 heteroatoms. The van der Waals surface area contributed by atoms with Crippen LogP contribution in [-0.2, 0) is 9.53 Å². The molecular weight excluding hydrogens is 220 g/mol. The highest BCUT2D eigenvalue weighted by atomic mass is 16.6. The van der Waals surface area contributed by atoms with E-state index >= 15 is 0 Å². The van der Waals surface area contributed by atoms with Crippen LogP contribution in [0.15, 0.2) is 18.2 Å². The Morgan fingerprint density at radius 2 is 2.06 bits per heavy atom. The van der Waals surface area contributed by atoms with E-state index in [0.717, 1.165) is 0 Å². The van der Waals surface area contributed by atoms with Crippen LogP contribution < -0.4 is 4.74 Å². The lowest BCUT2D eigenvalue weighted by molar-refractivity contribution is -0.158. The van der Waals surface area contributed by atoms with E-state index in [1.165, 1.54) is 6.07 Å². The molecule has 0 saturated carbocycles. The third kappa shape index (κ3) is 3.37. The smallest absolute Gasteiger partial charge is 0.349 e. The highest BCUT2D eigenvalue weighted by molar-refractivity contribution is 5.79. The molecule has 0 aromatic heterocycles. The minimum atomic E-state index is -1.04. The average molecular weight is 238 g/mol. The van der Waals surface area contributed by atoms with Gasteiger partial charge in [0, 0.05) is 0 Å². The van der Waals surface area contributed by atoms with Crippen molar-refractivity contribution in [2.24, 2.45) is 0 Å². The van der Waals surface area contributed by atoms with E-state index in [1.807, 2.05) is 0 Å². The highest BCUT2D eigenvalue weighted by Crippen LogP contribution is 2.25. The monoisotopic (exact) mass is 238 g/mol. The van der Waals surface area contributed by atoms with E-state index in [2.05, 4.69) is 0 Å². The van der Waals surface area contributed by atoms with Gasteiger partial charge in [0.2, 0.25) is 0 Å². The quantitative estimate of drug-likeness (QED) is 0.818. The molecule has 4 nitrogen and oxygen atoms in total. The summed E-state index contributed by atoms with van der Waals surface area (Å²) in [7, 11) is 0. The Kier molecular flexibility index (Phi) is 3.99. The topological polar surface area (TPSA) is 55.8 Å². The molecule has 0 unspecified atom stereocenters. The number of aryl methyl sites for hydroxylation is 1. The maximum atomic E-state index is 11.6. The number of hydrogen-bond acceptors (Lipinski definition) is 4. The first-order valence-electron chi connectivity index (χ1n) is 5.52. The number of hydrogen-bond donors (Lipinski definition) is 1. The first kappa shape index (κ1) is 13.4. The van der Waals surface area contributed by atoms with Gasteiger partial charge in [-0.05, 0) is 51.5 Å². The maximum Gasteiger partial charge on any atom is 0.349 e. The predicted molar refractivity (Wildman–Crippen MR) is 64.2 cm³/mol. The molecule has 1 N–H and O–H groups in total. The highest BCUT2D eigenvalue weighted by Gasteiger charge is 2.31. The van der Waals surface area contributed by atoms with Gasteiger partial charge in [-0.2, -0.15) is 0 Å². The molecule has 0 bridgehead atoms. The Morgan fingerprint density at radius 1 is 1.41 bits per heavy atom. The zero-order valence-corrected chi connectivity index (χ0v) is 10.6. The second-order valence-electron chi connectivity index (χ2n) is 4.28. The molecule has 0 atom stereocenters. The van der Waals surface area contributed by atoms with E-state index in [4.69, 9.17) is 9.47 Å². The van der Waals surface area contributed by atoms with Crippen molar-refractivity contribution < 1.29 is 19.4 Å². The van der Waals surface area contributed by atoms with Crippen molar-refractivity contribution in [1.82, 2.24) is 0 Å². The van der Waals surface area contributed by atoms with Gasteiger partial charge in [-0.1, -0.05) is 0 Å². The molecule has 17 heavy (non-hydrogen) atoms. The van der Waals surface area contributed by atoms with Crippen molar-refractivity contribution in [3.05, 3.63) is 23.8 Å². The van der Waals surface area contributed by atoms with E-state index in [9.17, 15) is 9.90 Å². The van der Waals surface area contributed by atoms with Gasteiger partial charge in [0.05, 0.1) is 6.61 Å². The van der Waals surface area contributed by atoms with Gasteiger partial charge in [0.1, 0.15) is 11.5 Å². The lowest BCUT2D eigenvalue weighted by Gasteiger charge is -2.24. The molecule has 0 amide bonds. The lowest BCUT2D eigenvalue weighted by atomic mass is 10.1. The van der Waals surface area contributed by atoms with Crippen LogP contribution in [0.2, 0.25) is 0 Å². The fourth-order valence-corrected chi connectivity index (χ4v) is 1.33. The van der Waals surface area contributed by atoms with Crippen molar-refractivity contribution in [3.63, 3.8) is 0 Å². The number of benzene rings is 1. The summed E-state index contributed by atoms with van der Waals surface area (Å²) in [6, 6.07) is 4.82. The maximum absolute atomic E-state index is 11.6. The molecule has 0 aliphatic heterocycles. The second-order valence-corrected chi connectivity index (χ2v) is 4.28. The number of esters is 1. The zero-order chi connectivity index (χ0) is 13.1. The predicted octanol–water partition coefficient (Wildman–Crippen LogP) is 2.42. The zero-order valence-electron chi connectivity index (χ0n) is 10.6. The summed E-state index contributed by atoms with van der Waals surface area (Å²) < 4.78 is 10.5. The van der Waals surface area contributed by atoms with Crippen molar-refractivity contribution in [3.8, 4) is 11.5 Å². The van der Waals surface area contributed by atoms with Gasteiger partial charge in [-0.25, -0.2) is 4.79 Å². The van der Waals surface area contributed by atoms with Gasteiger partial charge < -0.3 is 14.6 Å². The van der Waals surface area contributed by atoms with Crippen molar-refractivity contribution in [1.29, 1.82) is 0 Å². The number of carbonyl (C=O) groups is 1. The van der Waals surface area contributed by atoms with Gasteiger partial charge in [-0.3, -0.25) is 0 Å². The summed E-state index contributed by atoms with van der Waals surface area (Å²) >= 11 is 0. The summed E-state index contributed by atoms with van der Waals surface area (Å²) in [5.41, 5.74) is -0.346. The summed E-state index contributed by atoms with van der Waals surface area (Å²) in [4.78, 5) is 11.6. The third-order valence-electron chi connectivity index (χ3n) is 2.31. The van der Waals surface area contributed by atoms with E-state index in [-0.39, 0.29) is 5.75 Å². The number of phenols is 1. The minimum absolute atomic E-state index is 0.200. The van der Waals surface area contributed by atoms with Crippen molar-refractivity contribution in [2.75, 3.05) is 6.61 Å². The van der Waals surface area contributed by atoms with Gasteiger partial charge in [0.15, 0.2) is 5.60 Å². The van der Waals surface area contributed by atoms with E-state index < -0.39 is 11.6 Å². The van der Waals surface area contributed by atoms with Crippen LogP contribution in [0.25, 0.3) is 0 Å². The van der Waals surface area contributed by atoms with E-state index in [1.54, 1.807) is 39.8 Å². The largest absolute Gasteiger partial charge is 0.508 e. The molecule has 0 spiro atoms. The molecule has 1 aromatic rings. The van der Waals surface area contributed by atoms with E-state index in [0.29, 0.717) is 17.9 Å². The molecule has 1 aromatic carbocycles. The standard InChI is InChI=1S/C13H18O4/c1-5-16-12(15)13(3,4)17-10-6-7-11(14)9(2)8-10/h6-8,14H,5H2,1-4H3. The molecule has 0 heterocycles. The molecule has 0 aliphatic rings. The molecule has 0 fully saturated rings. The summed E-state index contributed by atoms with van der Waals surface area (Å²) in [5.74, 6) is 0.315. The van der Waals surface area contributed by atoms with Crippen molar-refractivity contribution >= 4 is 5.97 Å². The number of ether oxygens (including phenoxy) is 2. The van der Waals surface area contributed by atoms with Crippen LogP contribution in [0.4, 0.5) is 0 Å². The van der Waals surface area contributed by atoms with Crippen LogP contribution >= 0.6 is 0 Å². The number of aromatic hydroxyl groups is 1. The number of carbonyl (C=O) groups excluding carboxylic acids is 1. The average Bonchev–Trinajstić information content (AvgIpc) is 2.23. The first-order valence-corrected chi connectivity index (χ1v) is 5.52. The van der Waals surface area contributed by atoms with Crippen LogP contribution in [0, 0.1) is 6.92 Å².